The number of aryl methyl sites for hydroxylation is 2. The molecule has 17 heavy (non-hydrogen) atoms. The van der Waals surface area contributed by atoms with E-state index in [-0.39, 0.29) is 5.75 Å². The van der Waals surface area contributed by atoms with Crippen molar-refractivity contribution in [3.63, 3.8) is 0 Å². The topological polar surface area (TPSA) is 80.8 Å². The van der Waals surface area contributed by atoms with Crippen molar-refractivity contribution < 1.29 is 22.2 Å². The van der Waals surface area contributed by atoms with Crippen LogP contribution in [0.3, 0.4) is 0 Å². The molecule has 0 radical (unpaired) electrons. The molecule has 0 amide bonds. The van der Waals surface area contributed by atoms with Gasteiger partial charge in [-0.2, -0.15) is 0 Å². The second-order valence-corrected chi connectivity index (χ2v) is 5.65. The highest BCUT2D eigenvalue weighted by molar-refractivity contribution is 7.85. The first-order chi connectivity index (χ1) is 8.01. The molecule has 1 rings (SSSR count). The molecule has 0 saturated carbocycles. The van der Waals surface area contributed by atoms with Crippen molar-refractivity contribution in [3.05, 3.63) is 12.7 Å². The average Bonchev–Trinajstić information content (AvgIpc) is 2.68. The molecule has 0 aliphatic heterocycles. The van der Waals surface area contributed by atoms with Gasteiger partial charge in [-0.1, -0.05) is 18.0 Å². The summed E-state index contributed by atoms with van der Waals surface area (Å²) >= 11 is 0. The molecular weight excluding hydrogens is 242 g/mol. The second kappa shape index (κ2) is 6.70. The van der Waals surface area contributed by atoms with E-state index < -0.39 is 10.1 Å². The minimum absolute atomic E-state index is 0.270. The molecule has 0 aliphatic carbocycles. The number of H-pyrrole nitrogens is 1. The molecule has 1 N–H and O–H groups in total. The Balaban J connectivity index is 2.25. The van der Waals surface area contributed by atoms with Crippen LogP contribution in [0.15, 0.2) is 12.7 Å². The van der Waals surface area contributed by atoms with Crippen molar-refractivity contribution in [2.24, 2.45) is 0 Å². The predicted molar refractivity (Wildman–Crippen MR) is 59.9 cm³/mol. The summed E-state index contributed by atoms with van der Waals surface area (Å²) < 4.78 is 35.1. The zero-order valence-electron chi connectivity index (χ0n) is 10.1. The van der Waals surface area contributed by atoms with E-state index in [1.807, 2.05) is 21.9 Å². The van der Waals surface area contributed by atoms with Crippen molar-refractivity contribution in [1.82, 2.24) is 5.10 Å². The van der Waals surface area contributed by atoms with Gasteiger partial charge in [0.15, 0.2) is 13.1 Å². The number of nitrogens with one attached hydrogen (secondary N) is 1. The van der Waals surface area contributed by atoms with Crippen LogP contribution in [0.25, 0.3) is 0 Å². The Kier molecular flexibility index (Phi) is 5.57. The van der Waals surface area contributed by atoms with Gasteiger partial charge in [-0.15, -0.1) is 9.67 Å². The van der Waals surface area contributed by atoms with Crippen LogP contribution in [0.5, 0.6) is 0 Å². The maximum Gasteiger partial charge on any atom is 0.431 e. The van der Waals surface area contributed by atoms with Gasteiger partial charge in [-0.3, -0.25) is 0 Å². The Morgan fingerprint density at radius 2 is 2.00 bits per heavy atom. The average molecular weight is 262 g/mol. The first-order valence-electron chi connectivity index (χ1n) is 5.92. The summed E-state index contributed by atoms with van der Waals surface area (Å²) in [4.78, 5) is 0. The summed E-state index contributed by atoms with van der Waals surface area (Å²) in [6.45, 7) is 3.82. The van der Waals surface area contributed by atoms with Crippen LogP contribution >= 0.6 is 0 Å². The van der Waals surface area contributed by atoms with E-state index in [4.69, 9.17) is 0 Å². The van der Waals surface area contributed by atoms with E-state index >= 15 is 0 Å². The van der Waals surface area contributed by atoms with E-state index in [1.165, 1.54) is 0 Å². The van der Waals surface area contributed by atoms with Crippen LogP contribution in [-0.4, -0.2) is 23.8 Å². The molecular formula is C10H20N3O3S+. The number of rotatable bonds is 8. The van der Waals surface area contributed by atoms with Gasteiger partial charge in [0.2, 0.25) is 0 Å². The quantitative estimate of drug-likeness (QED) is 0.397. The molecule has 0 atom stereocenters. The Morgan fingerprint density at radius 3 is 2.65 bits per heavy atom. The molecule has 1 aromatic rings. The number of unbranched alkanes of at least 4 members (excludes halogenated alkanes) is 2. The number of hydrogen-bond donors (Lipinski definition) is 1. The Hall–Kier alpha value is -0.950. The summed E-state index contributed by atoms with van der Waals surface area (Å²) in [5, 5.41) is 3.10. The van der Waals surface area contributed by atoms with E-state index in [1.54, 1.807) is 0 Å². The Morgan fingerprint density at radius 1 is 1.24 bits per heavy atom. The smallest absolute Gasteiger partial charge is 0.431 e. The third-order valence-electron chi connectivity index (χ3n) is 2.49. The Labute approximate surface area is 102 Å². The maximum atomic E-state index is 10.4. The largest absolute Gasteiger partial charge is 0.748 e. The molecule has 98 valence electrons. The molecule has 0 bridgehead atoms. The van der Waals surface area contributed by atoms with Crippen LogP contribution in [0, 0.1) is 0 Å². The lowest BCUT2D eigenvalue weighted by molar-refractivity contribution is -0.816. The molecule has 0 aliphatic rings. The molecule has 7 heteroatoms. The lowest BCUT2D eigenvalue weighted by atomic mass is 10.3. The third kappa shape index (κ3) is 6.38. The first kappa shape index (κ1) is 14.1. The second-order valence-electron chi connectivity index (χ2n) is 4.13. The van der Waals surface area contributed by atoms with Gasteiger partial charge < -0.3 is 4.55 Å². The van der Waals surface area contributed by atoms with Gasteiger partial charge in [0.25, 0.3) is 6.33 Å². The van der Waals surface area contributed by atoms with Crippen LogP contribution < -0.4 is 9.25 Å². The number of nitrogens with zero attached hydrogens (tertiary/aromatic N) is 2. The van der Waals surface area contributed by atoms with Gasteiger partial charge >= 0.3 is 6.33 Å². The molecule has 1 aromatic heterocycles. The summed E-state index contributed by atoms with van der Waals surface area (Å²) in [5.74, 6) is -0.270. The highest BCUT2D eigenvalue weighted by Crippen LogP contribution is 1.93. The van der Waals surface area contributed by atoms with Crippen LogP contribution in [-0.2, 0) is 23.2 Å². The summed E-state index contributed by atoms with van der Waals surface area (Å²) in [5.41, 5.74) is 0. The normalized spacial score (nSPS) is 11.9. The molecule has 0 fully saturated rings. The van der Waals surface area contributed by atoms with Crippen molar-refractivity contribution in [3.8, 4) is 0 Å². The summed E-state index contributed by atoms with van der Waals surface area (Å²) in [6, 6.07) is 0. The van der Waals surface area contributed by atoms with Crippen molar-refractivity contribution in [2.45, 2.75) is 45.7 Å². The van der Waals surface area contributed by atoms with E-state index in [0.29, 0.717) is 12.8 Å². The number of aromatic nitrogens is 3. The highest BCUT2D eigenvalue weighted by Gasteiger charge is 2.11. The highest BCUT2D eigenvalue weighted by atomic mass is 32.2. The minimum atomic E-state index is -4.06. The number of aromatic amines is 1. The SMILES string of the molecule is CCCC[n+]1c[n+](CCCCS(=O)(=O)[O-])c[nH]1. The Bertz CT molecular complexity index is 428. The van der Waals surface area contributed by atoms with E-state index in [9.17, 15) is 13.0 Å². The fourth-order valence-corrected chi connectivity index (χ4v) is 2.10. The van der Waals surface area contributed by atoms with E-state index in [0.717, 1.165) is 25.9 Å². The van der Waals surface area contributed by atoms with Crippen molar-refractivity contribution in [1.29, 1.82) is 0 Å². The molecule has 0 unspecified atom stereocenters. The van der Waals surface area contributed by atoms with Gasteiger partial charge in [0, 0.05) is 18.6 Å². The molecule has 0 spiro atoms. The van der Waals surface area contributed by atoms with Crippen LogP contribution in [0.4, 0.5) is 0 Å². The fourth-order valence-electron chi connectivity index (χ4n) is 1.54. The lowest BCUT2D eigenvalue weighted by Gasteiger charge is -2.03. The van der Waals surface area contributed by atoms with Crippen LogP contribution in [0.2, 0.25) is 0 Å². The predicted octanol–water partition coefficient (Wildman–Crippen LogP) is -0.285. The van der Waals surface area contributed by atoms with Crippen LogP contribution in [0.1, 0.15) is 32.6 Å². The maximum absolute atomic E-state index is 10.4. The van der Waals surface area contributed by atoms with Gasteiger partial charge in [-0.05, 0) is 6.42 Å². The zero-order valence-corrected chi connectivity index (χ0v) is 10.9. The molecule has 0 aromatic carbocycles. The van der Waals surface area contributed by atoms with Crippen molar-refractivity contribution in [2.75, 3.05) is 5.75 Å². The van der Waals surface area contributed by atoms with Gasteiger partial charge in [0.05, 0.1) is 10.1 Å². The molecule has 1 heterocycles. The monoisotopic (exact) mass is 262 g/mol. The summed E-state index contributed by atoms with van der Waals surface area (Å²) in [6.07, 6.45) is 7.19. The van der Waals surface area contributed by atoms with E-state index in [2.05, 4.69) is 12.0 Å². The fraction of sp³-hybridized carbons (Fsp3) is 0.800. The zero-order chi connectivity index (χ0) is 12.7. The van der Waals surface area contributed by atoms with Crippen molar-refractivity contribution >= 4 is 10.1 Å². The van der Waals surface area contributed by atoms with Gasteiger partial charge in [-0.25, -0.2) is 8.42 Å². The molecule has 0 saturated heterocycles. The minimum Gasteiger partial charge on any atom is -0.748 e. The third-order valence-corrected chi connectivity index (χ3v) is 3.28. The molecule has 6 nitrogen and oxygen atoms in total. The standard InChI is InChI=1S/C10H19N3O3S/c1-2-3-7-13-10-12(9-11-13)6-4-5-8-17(14,15)16/h9-10H,2-8H2,1H3/p+1. The van der Waals surface area contributed by atoms with Gasteiger partial charge in [0.1, 0.15) is 0 Å². The lowest BCUT2D eigenvalue weighted by Crippen LogP contribution is -2.40. The number of hydrogen-bond acceptors (Lipinski definition) is 3. The summed E-state index contributed by atoms with van der Waals surface area (Å²) in [7, 11) is -4.06. The first-order valence-corrected chi connectivity index (χ1v) is 7.49.